The Hall–Kier alpha value is -1.71. The molecule has 2 aromatic rings. The van der Waals surface area contributed by atoms with E-state index in [1.165, 1.54) is 12.1 Å². The molecule has 0 fully saturated rings. The Kier molecular flexibility index (Phi) is 7.06. The number of hydrogen-bond donors (Lipinski definition) is 2. The van der Waals surface area contributed by atoms with Crippen LogP contribution in [0.5, 0.6) is 0 Å². The van der Waals surface area contributed by atoms with Crippen LogP contribution in [0.15, 0.2) is 35.6 Å². The molecule has 6 nitrogen and oxygen atoms in total. The van der Waals surface area contributed by atoms with Crippen molar-refractivity contribution in [3.63, 3.8) is 0 Å². The minimum Gasteiger partial charge on any atom is -0.359 e. The van der Waals surface area contributed by atoms with Gasteiger partial charge in [0, 0.05) is 14.1 Å². The number of aliphatic imine (C=N–C) groups is 1. The lowest BCUT2D eigenvalue weighted by Gasteiger charge is -2.05. The van der Waals surface area contributed by atoms with Crippen LogP contribution in [-0.4, -0.2) is 34.8 Å². The van der Waals surface area contributed by atoms with Gasteiger partial charge in [-0.15, -0.1) is 24.0 Å². The van der Waals surface area contributed by atoms with E-state index < -0.39 is 0 Å². The Morgan fingerprint density at radius 3 is 2.90 bits per heavy atom. The van der Waals surface area contributed by atoms with Crippen molar-refractivity contribution in [3.8, 4) is 0 Å². The van der Waals surface area contributed by atoms with E-state index in [2.05, 4.69) is 25.7 Å². The average molecular weight is 404 g/mol. The number of benzene rings is 1. The van der Waals surface area contributed by atoms with E-state index in [-0.39, 0.29) is 29.8 Å². The van der Waals surface area contributed by atoms with Gasteiger partial charge in [-0.2, -0.15) is 5.10 Å². The van der Waals surface area contributed by atoms with Crippen molar-refractivity contribution in [3.05, 3.63) is 47.8 Å². The molecular formula is C13H18FIN6. The molecule has 0 aliphatic rings. The molecule has 114 valence electrons. The summed E-state index contributed by atoms with van der Waals surface area (Å²) in [6.07, 6.45) is 1.63. The number of nitrogens with zero attached hydrogens (tertiary/aromatic N) is 4. The summed E-state index contributed by atoms with van der Waals surface area (Å²) in [6.45, 7) is 0.967. The summed E-state index contributed by atoms with van der Waals surface area (Å²) in [5, 5.41) is 10.3. The molecular weight excluding hydrogens is 386 g/mol. The van der Waals surface area contributed by atoms with E-state index in [1.807, 2.05) is 6.07 Å². The van der Waals surface area contributed by atoms with Crippen LogP contribution in [0.2, 0.25) is 0 Å². The molecule has 0 atom stereocenters. The second-order valence-electron chi connectivity index (χ2n) is 4.16. The minimum atomic E-state index is -0.248. The Morgan fingerprint density at radius 1 is 1.43 bits per heavy atom. The zero-order chi connectivity index (χ0) is 14.4. The van der Waals surface area contributed by atoms with E-state index in [0.29, 0.717) is 24.9 Å². The lowest BCUT2D eigenvalue weighted by Crippen LogP contribution is -2.34. The smallest absolute Gasteiger partial charge is 0.191 e. The third-order valence-corrected chi connectivity index (χ3v) is 2.69. The maximum atomic E-state index is 13.1. The van der Waals surface area contributed by atoms with Gasteiger partial charge in [0.25, 0.3) is 0 Å². The average Bonchev–Trinajstić information content (AvgIpc) is 2.87. The number of halogens is 2. The molecule has 0 radical (unpaired) electrons. The number of hydrogen-bond acceptors (Lipinski definition) is 3. The second-order valence-corrected chi connectivity index (χ2v) is 4.16. The van der Waals surface area contributed by atoms with Gasteiger partial charge in [0.1, 0.15) is 12.1 Å². The first kappa shape index (κ1) is 17.3. The molecule has 1 aromatic carbocycles. The molecule has 0 saturated carbocycles. The van der Waals surface area contributed by atoms with Crippen molar-refractivity contribution in [2.75, 3.05) is 14.1 Å². The molecule has 0 saturated heterocycles. The van der Waals surface area contributed by atoms with Gasteiger partial charge in [-0.05, 0) is 17.7 Å². The third-order valence-electron chi connectivity index (χ3n) is 2.69. The normalized spacial score (nSPS) is 10.9. The first-order valence-electron chi connectivity index (χ1n) is 6.22. The van der Waals surface area contributed by atoms with Gasteiger partial charge in [-0.3, -0.25) is 4.99 Å². The number of guanidine groups is 1. The highest BCUT2D eigenvalue weighted by atomic mass is 127. The molecule has 1 aromatic heterocycles. The largest absolute Gasteiger partial charge is 0.359 e. The molecule has 2 rings (SSSR count). The van der Waals surface area contributed by atoms with E-state index >= 15 is 0 Å². The highest BCUT2D eigenvalue weighted by Gasteiger charge is 2.03. The molecule has 0 bridgehead atoms. The van der Waals surface area contributed by atoms with Gasteiger partial charge in [-0.25, -0.2) is 14.1 Å². The van der Waals surface area contributed by atoms with Crippen LogP contribution in [0.1, 0.15) is 11.4 Å². The van der Waals surface area contributed by atoms with Crippen molar-refractivity contribution in [1.82, 2.24) is 25.4 Å². The zero-order valence-corrected chi connectivity index (χ0v) is 14.2. The van der Waals surface area contributed by atoms with E-state index in [0.717, 1.165) is 5.56 Å². The van der Waals surface area contributed by atoms with Crippen molar-refractivity contribution in [2.24, 2.45) is 4.99 Å². The fraction of sp³-hybridized carbons (Fsp3) is 0.308. The standard InChI is InChI=1S/C13H17FN6.HI/c1-15-13(16-2)17-7-12-18-9-20(19-12)8-10-4-3-5-11(14)6-10;/h3-6,9H,7-8H2,1-2H3,(H2,15,16,17);1H. The van der Waals surface area contributed by atoms with E-state index in [1.54, 1.807) is 31.2 Å². The summed E-state index contributed by atoms with van der Waals surface area (Å²) in [4.78, 5) is 8.18. The molecule has 0 spiro atoms. The Labute approximate surface area is 139 Å². The van der Waals surface area contributed by atoms with Crippen molar-refractivity contribution in [2.45, 2.75) is 13.1 Å². The fourth-order valence-electron chi connectivity index (χ4n) is 1.75. The van der Waals surface area contributed by atoms with Crippen LogP contribution >= 0.6 is 24.0 Å². The first-order valence-corrected chi connectivity index (χ1v) is 6.22. The quantitative estimate of drug-likeness (QED) is 0.459. The highest BCUT2D eigenvalue weighted by molar-refractivity contribution is 14.0. The number of nitrogens with one attached hydrogen (secondary N) is 2. The molecule has 0 aliphatic heterocycles. The summed E-state index contributed by atoms with van der Waals surface area (Å²) >= 11 is 0. The lowest BCUT2D eigenvalue weighted by atomic mass is 10.2. The third kappa shape index (κ3) is 5.29. The van der Waals surface area contributed by atoms with Crippen LogP contribution in [0.25, 0.3) is 0 Å². The van der Waals surface area contributed by atoms with Gasteiger partial charge < -0.3 is 10.6 Å². The molecule has 0 aliphatic carbocycles. The van der Waals surface area contributed by atoms with E-state index in [9.17, 15) is 4.39 Å². The fourth-order valence-corrected chi connectivity index (χ4v) is 1.75. The second kappa shape index (κ2) is 8.55. The van der Waals surface area contributed by atoms with Crippen LogP contribution in [-0.2, 0) is 13.1 Å². The summed E-state index contributed by atoms with van der Waals surface area (Å²) < 4.78 is 14.8. The Morgan fingerprint density at radius 2 is 2.24 bits per heavy atom. The maximum Gasteiger partial charge on any atom is 0.191 e. The van der Waals surface area contributed by atoms with Crippen LogP contribution in [0, 0.1) is 5.82 Å². The maximum absolute atomic E-state index is 13.1. The van der Waals surface area contributed by atoms with Crippen molar-refractivity contribution in [1.29, 1.82) is 0 Å². The number of aromatic nitrogens is 3. The molecule has 0 amide bonds. The SMILES string of the molecule is CN=C(NC)NCc1ncn(Cc2cccc(F)c2)n1.I. The molecule has 2 N–H and O–H groups in total. The van der Waals surface area contributed by atoms with Crippen LogP contribution in [0.3, 0.4) is 0 Å². The molecule has 8 heteroatoms. The van der Waals surface area contributed by atoms with Crippen molar-refractivity contribution < 1.29 is 4.39 Å². The Bertz CT molecular complexity index is 598. The predicted molar refractivity (Wildman–Crippen MR) is 90.2 cm³/mol. The Balaban J connectivity index is 0.00000220. The zero-order valence-electron chi connectivity index (χ0n) is 11.9. The van der Waals surface area contributed by atoms with Crippen molar-refractivity contribution >= 4 is 29.9 Å². The lowest BCUT2D eigenvalue weighted by molar-refractivity contribution is 0.617. The highest BCUT2D eigenvalue weighted by Crippen LogP contribution is 2.05. The summed E-state index contributed by atoms with van der Waals surface area (Å²) in [5.74, 6) is 1.08. The van der Waals surface area contributed by atoms with Gasteiger partial charge in [0.05, 0.1) is 13.1 Å². The van der Waals surface area contributed by atoms with Gasteiger partial charge in [0.2, 0.25) is 0 Å². The van der Waals surface area contributed by atoms with Gasteiger partial charge in [0.15, 0.2) is 11.8 Å². The first-order chi connectivity index (χ1) is 9.71. The molecule has 0 unspecified atom stereocenters. The minimum absolute atomic E-state index is 0. The predicted octanol–water partition coefficient (Wildman–Crippen LogP) is 1.38. The van der Waals surface area contributed by atoms with Crippen LogP contribution < -0.4 is 10.6 Å². The monoisotopic (exact) mass is 404 g/mol. The summed E-state index contributed by atoms with van der Waals surface area (Å²) in [6, 6.07) is 6.44. The molecule has 21 heavy (non-hydrogen) atoms. The summed E-state index contributed by atoms with van der Waals surface area (Å²) in [7, 11) is 3.47. The van der Waals surface area contributed by atoms with Gasteiger partial charge in [-0.1, -0.05) is 12.1 Å². The van der Waals surface area contributed by atoms with E-state index in [4.69, 9.17) is 0 Å². The molecule has 1 heterocycles. The number of rotatable bonds is 4. The topological polar surface area (TPSA) is 67.1 Å². The van der Waals surface area contributed by atoms with Gasteiger partial charge >= 0.3 is 0 Å². The van der Waals surface area contributed by atoms with Crippen LogP contribution in [0.4, 0.5) is 4.39 Å². The summed E-state index contributed by atoms with van der Waals surface area (Å²) in [5.41, 5.74) is 0.848.